The molecular weight excluding hydrogens is 348 g/mol. The van der Waals surface area contributed by atoms with Gasteiger partial charge in [0, 0.05) is 10.0 Å². The van der Waals surface area contributed by atoms with E-state index in [9.17, 15) is 4.79 Å². The summed E-state index contributed by atoms with van der Waals surface area (Å²) in [5, 5.41) is 0. The smallest absolute Gasteiger partial charge is 0.178 e. The van der Waals surface area contributed by atoms with Gasteiger partial charge >= 0.3 is 0 Å². The molecule has 0 aliphatic heterocycles. The lowest BCUT2D eigenvalue weighted by Crippen LogP contribution is -2.34. The lowest BCUT2D eigenvalue weighted by atomic mass is 9.71. The van der Waals surface area contributed by atoms with E-state index in [2.05, 4.69) is 40.2 Å². The molecule has 0 spiro atoms. The Kier molecular flexibility index (Phi) is 3.42. The summed E-state index contributed by atoms with van der Waals surface area (Å²) in [5.74, 6) is 0.186. The van der Waals surface area contributed by atoms with E-state index in [1.165, 1.54) is 0 Å². The Balaban J connectivity index is 2.01. The summed E-state index contributed by atoms with van der Waals surface area (Å²) in [5.41, 5.74) is 3.41. The normalized spacial score (nSPS) is 15.4. The van der Waals surface area contributed by atoms with Gasteiger partial charge < -0.3 is 0 Å². The van der Waals surface area contributed by atoms with E-state index in [-0.39, 0.29) is 5.78 Å². The van der Waals surface area contributed by atoms with Gasteiger partial charge in [0.25, 0.3) is 0 Å². The number of rotatable bonds is 2. The number of halogens is 1. The highest BCUT2D eigenvalue weighted by Crippen LogP contribution is 2.46. The van der Waals surface area contributed by atoms with Crippen molar-refractivity contribution in [3.63, 3.8) is 0 Å². The third kappa shape index (κ3) is 2.09. The fourth-order valence-electron chi connectivity index (χ4n) is 3.60. The van der Waals surface area contributed by atoms with Gasteiger partial charge in [-0.2, -0.15) is 0 Å². The fourth-order valence-corrected chi connectivity index (χ4v) is 4.11. The van der Waals surface area contributed by atoms with Crippen molar-refractivity contribution in [1.82, 2.24) is 0 Å². The predicted molar refractivity (Wildman–Crippen MR) is 95.8 cm³/mol. The summed E-state index contributed by atoms with van der Waals surface area (Å²) in [6.45, 7) is 0. The molecule has 0 fully saturated rings. The van der Waals surface area contributed by atoms with E-state index in [1.807, 2.05) is 54.6 Å². The van der Waals surface area contributed by atoms with Crippen molar-refractivity contribution in [1.29, 1.82) is 0 Å². The molecule has 1 aliphatic carbocycles. The molecule has 0 heterocycles. The topological polar surface area (TPSA) is 17.1 Å². The SMILES string of the molecule is O=C1c2cccc(Br)c2CC1(c1ccccc1)c1ccccc1. The van der Waals surface area contributed by atoms with Crippen LogP contribution < -0.4 is 0 Å². The monoisotopic (exact) mass is 362 g/mol. The quantitative estimate of drug-likeness (QED) is 0.614. The molecule has 112 valence electrons. The third-order valence-corrected chi connectivity index (χ3v) is 5.47. The Bertz CT molecular complexity index is 829. The minimum Gasteiger partial charge on any atom is -0.293 e. The Morgan fingerprint density at radius 3 is 1.83 bits per heavy atom. The summed E-state index contributed by atoms with van der Waals surface area (Å²) in [7, 11) is 0. The first-order valence-corrected chi connectivity index (χ1v) is 8.46. The maximum atomic E-state index is 13.5. The van der Waals surface area contributed by atoms with E-state index in [0.29, 0.717) is 6.42 Å². The molecular formula is C21H15BrO. The lowest BCUT2D eigenvalue weighted by molar-refractivity contribution is 0.0929. The Labute approximate surface area is 144 Å². The van der Waals surface area contributed by atoms with Gasteiger partial charge in [-0.15, -0.1) is 0 Å². The zero-order valence-corrected chi connectivity index (χ0v) is 14.1. The molecule has 0 saturated carbocycles. The first-order chi connectivity index (χ1) is 11.2. The van der Waals surface area contributed by atoms with Crippen LogP contribution in [0, 0.1) is 0 Å². The Morgan fingerprint density at radius 1 is 0.739 bits per heavy atom. The van der Waals surface area contributed by atoms with Gasteiger partial charge in [-0.05, 0) is 29.2 Å². The second-order valence-corrected chi connectivity index (χ2v) is 6.76. The van der Waals surface area contributed by atoms with Crippen LogP contribution in [0.25, 0.3) is 0 Å². The maximum absolute atomic E-state index is 13.5. The van der Waals surface area contributed by atoms with Crippen LogP contribution in [0.5, 0.6) is 0 Å². The molecule has 1 nitrogen and oxygen atoms in total. The molecule has 3 aromatic rings. The van der Waals surface area contributed by atoms with E-state index < -0.39 is 5.41 Å². The fraction of sp³-hybridized carbons (Fsp3) is 0.0952. The molecule has 3 aromatic carbocycles. The highest BCUT2D eigenvalue weighted by Gasteiger charge is 2.48. The number of hydrogen-bond acceptors (Lipinski definition) is 1. The van der Waals surface area contributed by atoms with Gasteiger partial charge in [0.15, 0.2) is 5.78 Å². The number of ketones is 1. The van der Waals surface area contributed by atoms with Crippen LogP contribution in [0.1, 0.15) is 27.0 Å². The van der Waals surface area contributed by atoms with Crippen LogP contribution in [0.4, 0.5) is 0 Å². The lowest BCUT2D eigenvalue weighted by Gasteiger charge is -2.29. The zero-order valence-electron chi connectivity index (χ0n) is 12.5. The minimum atomic E-state index is -0.630. The molecule has 0 aromatic heterocycles. The third-order valence-electron chi connectivity index (χ3n) is 4.73. The number of carbonyl (C=O) groups is 1. The standard InChI is InChI=1S/C21H15BrO/c22-19-13-7-12-17-18(19)14-21(20(17)23,15-8-3-1-4-9-15)16-10-5-2-6-11-16/h1-13H,14H2. The van der Waals surface area contributed by atoms with Crippen LogP contribution in [-0.4, -0.2) is 5.78 Å². The summed E-state index contributed by atoms with van der Waals surface area (Å²) < 4.78 is 1.01. The molecule has 0 saturated heterocycles. The zero-order chi connectivity index (χ0) is 15.9. The Hall–Kier alpha value is -2.19. The number of benzene rings is 3. The average molecular weight is 363 g/mol. The molecule has 4 rings (SSSR count). The van der Waals surface area contributed by atoms with Gasteiger partial charge in [-0.3, -0.25) is 4.79 Å². The molecule has 0 amide bonds. The number of Topliss-reactive ketones (excluding diaryl/α,β-unsaturated/α-hetero) is 1. The second kappa shape index (κ2) is 5.47. The second-order valence-electron chi connectivity index (χ2n) is 5.91. The van der Waals surface area contributed by atoms with E-state index >= 15 is 0 Å². The van der Waals surface area contributed by atoms with Crippen molar-refractivity contribution < 1.29 is 4.79 Å². The molecule has 0 unspecified atom stereocenters. The van der Waals surface area contributed by atoms with Crippen molar-refractivity contribution in [3.8, 4) is 0 Å². The molecule has 0 N–H and O–H groups in total. The van der Waals surface area contributed by atoms with Crippen LogP contribution in [0.2, 0.25) is 0 Å². The molecule has 0 radical (unpaired) electrons. The summed E-state index contributed by atoms with van der Waals surface area (Å²) in [6.07, 6.45) is 0.691. The van der Waals surface area contributed by atoms with Crippen molar-refractivity contribution in [2.75, 3.05) is 0 Å². The van der Waals surface area contributed by atoms with Crippen molar-refractivity contribution in [2.45, 2.75) is 11.8 Å². The summed E-state index contributed by atoms with van der Waals surface area (Å²) in [4.78, 5) is 13.5. The van der Waals surface area contributed by atoms with Crippen LogP contribution in [0.15, 0.2) is 83.3 Å². The van der Waals surface area contributed by atoms with Crippen LogP contribution in [0.3, 0.4) is 0 Å². The Morgan fingerprint density at radius 2 is 1.30 bits per heavy atom. The average Bonchev–Trinajstić information content (AvgIpc) is 2.92. The van der Waals surface area contributed by atoms with E-state index in [0.717, 1.165) is 26.7 Å². The highest BCUT2D eigenvalue weighted by molar-refractivity contribution is 9.10. The maximum Gasteiger partial charge on any atom is 0.178 e. The molecule has 0 bridgehead atoms. The molecule has 0 atom stereocenters. The van der Waals surface area contributed by atoms with Gasteiger partial charge in [-0.25, -0.2) is 0 Å². The number of carbonyl (C=O) groups excluding carboxylic acids is 1. The highest BCUT2D eigenvalue weighted by atomic mass is 79.9. The van der Waals surface area contributed by atoms with Gasteiger partial charge in [-0.1, -0.05) is 88.7 Å². The molecule has 2 heteroatoms. The van der Waals surface area contributed by atoms with Gasteiger partial charge in [0.05, 0.1) is 5.41 Å². The van der Waals surface area contributed by atoms with Crippen LogP contribution in [-0.2, 0) is 11.8 Å². The van der Waals surface area contributed by atoms with Crippen molar-refractivity contribution >= 4 is 21.7 Å². The molecule has 1 aliphatic rings. The first kappa shape index (κ1) is 14.4. The van der Waals surface area contributed by atoms with E-state index in [4.69, 9.17) is 0 Å². The minimum absolute atomic E-state index is 0.186. The van der Waals surface area contributed by atoms with Crippen molar-refractivity contribution in [3.05, 3.63) is 106 Å². The summed E-state index contributed by atoms with van der Waals surface area (Å²) >= 11 is 3.62. The van der Waals surface area contributed by atoms with Gasteiger partial charge in [0.2, 0.25) is 0 Å². The number of fused-ring (bicyclic) bond motifs is 1. The predicted octanol–water partition coefficient (Wildman–Crippen LogP) is 5.17. The molecule has 23 heavy (non-hydrogen) atoms. The number of hydrogen-bond donors (Lipinski definition) is 0. The first-order valence-electron chi connectivity index (χ1n) is 7.67. The van der Waals surface area contributed by atoms with Crippen molar-refractivity contribution in [2.24, 2.45) is 0 Å². The summed E-state index contributed by atoms with van der Waals surface area (Å²) in [6, 6.07) is 26.1. The van der Waals surface area contributed by atoms with Crippen LogP contribution >= 0.6 is 15.9 Å². The van der Waals surface area contributed by atoms with E-state index in [1.54, 1.807) is 0 Å². The van der Waals surface area contributed by atoms with Gasteiger partial charge in [0.1, 0.15) is 0 Å². The largest absolute Gasteiger partial charge is 0.293 e.